The first-order valence-electron chi connectivity index (χ1n) is 6.08. The summed E-state index contributed by atoms with van der Waals surface area (Å²) in [6, 6.07) is 6.04. The van der Waals surface area contributed by atoms with Crippen LogP contribution in [0, 0.1) is 5.92 Å². The first kappa shape index (κ1) is 12.0. The van der Waals surface area contributed by atoms with Crippen molar-refractivity contribution in [1.29, 1.82) is 0 Å². The molecule has 1 aromatic carbocycles. The van der Waals surface area contributed by atoms with Crippen LogP contribution < -0.4 is 4.74 Å². The van der Waals surface area contributed by atoms with Gasteiger partial charge in [-0.05, 0) is 29.9 Å². The monoisotopic (exact) mass is 234 g/mol. The molecule has 92 valence electrons. The standard InChI is InChI=1S/C14H18O3/c1-9(10(2)14(15)16)12-7-3-5-11-6-4-8-17-13(11)12/h3,5,7,9-10H,4,6,8H2,1-2H3,(H,15,16). The average molecular weight is 234 g/mol. The molecule has 3 heteroatoms. The van der Waals surface area contributed by atoms with E-state index in [2.05, 4.69) is 6.07 Å². The van der Waals surface area contributed by atoms with Crippen molar-refractivity contribution in [3.8, 4) is 5.75 Å². The van der Waals surface area contributed by atoms with Gasteiger partial charge in [0.25, 0.3) is 0 Å². The van der Waals surface area contributed by atoms with Crippen LogP contribution in [0.4, 0.5) is 0 Å². The van der Waals surface area contributed by atoms with E-state index in [-0.39, 0.29) is 5.92 Å². The maximum atomic E-state index is 11.0. The van der Waals surface area contributed by atoms with E-state index in [1.807, 2.05) is 19.1 Å². The molecule has 0 saturated carbocycles. The summed E-state index contributed by atoms with van der Waals surface area (Å²) >= 11 is 0. The van der Waals surface area contributed by atoms with E-state index in [1.54, 1.807) is 6.92 Å². The van der Waals surface area contributed by atoms with E-state index in [4.69, 9.17) is 9.84 Å². The third kappa shape index (κ3) is 2.28. The Balaban J connectivity index is 2.35. The van der Waals surface area contributed by atoms with Crippen LogP contribution in [0.25, 0.3) is 0 Å². The molecule has 0 saturated heterocycles. The van der Waals surface area contributed by atoms with Crippen molar-refractivity contribution in [2.45, 2.75) is 32.6 Å². The fourth-order valence-electron chi connectivity index (χ4n) is 2.26. The lowest BCUT2D eigenvalue weighted by Gasteiger charge is -2.25. The highest BCUT2D eigenvalue weighted by Crippen LogP contribution is 2.36. The van der Waals surface area contributed by atoms with Crippen molar-refractivity contribution in [3.63, 3.8) is 0 Å². The summed E-state index contributed by atoms with van der Waals surface area (Å²) in [7, 11) is 0. The summed E-state index contributed by atoms with van der Waals surface area (Å²) in [5.41, 5.74) is 2.23. The van der Waals surface area contributed by atoms with Gasteiger partial charge in [0.2, 0.25) is 0 Å². The molecule has 0 bridgehead atoms. The number of para-hydroxylation sites is 1. The smallest absolute Gasteiger partial charge is 0.306 e. The Labute approximate surface area is 101 Å². The van der Waals surface area contributed by atoms with Crippen molar-refractivity contribution in [2.75, 3.05) is 6.61 Å². The Kier molecular flexibility index (Phi) is 3.36. The van der Waals surface area contributed by atoms with Gasteiger partial charge in [0.1, 0.15) is 5.75 Å². The van der Waals surface area contributed by atoms with Crippen molar-refractivity contribution < 1.29 is 14.6 Å². The number of aryl methyl sites for hydroxylation is 1. The highest BCUT2D eigenvalue weighted by molar-refractivity contribution is 5.71. The van der Waals surface area contributed by atoms with E-state index in [0.717, 1.165) is 30.8 Å². The first-order chi connectivity index (χ1) is 8.11. The lowest BCUT2D eigenvalue weighted by atomic mass is 9.86. The Morgan fingerprint density at radius 1 is 1.41 bits per heavy atom. The van der Waals surface area contributed by atoms with Crippen LogP contribution in [0.2, 0.25) is 0 Å². The van der Waals surface area contributed by atoms with E-state index >= 15 is 0 Å². The lowest BCUT2D eigenvalue weighted by molar-refractivity contribution is -0.141. The zero-order valence-corrected chi connectivity index (χ0v) is 10.3. The average Bonchev–Trinajstić information content (AvgIpc) is 2.36. The molecule has 2 rings (SSSR count). The second-order valence-electron chi connectivity index (χ2n) is 4.70. The maximum Gasteiger partial charge on any atom is 0.306 e. The van der Waals surface area contributed by atoms with Gasteiger partial charge in [-0.2, -0.15) is 0 Å². The summed E-state index contributed by atoms with van der Waals surface area (Å²) in [6.07, 6.45) is 2.07. The fraction of sp³-hybridized carbons (Fsp3) is 0.500. The first-order valence-corrected chi connectivity index (χ1v) is 6.08. The van der Waals surface area contributed by atoms with Gasteiger partial charge in [0.15, 0.2) is 0 Å². The topological polar surface area (TPSA) is 46.5 Å². The molecule has 17 heavy (non-hydrogen) atoms. The molecule has 3 nitrogen and oxygen atoms in total. The third-order valence-electron chi connectivity index (χ3n) is 3.59. The van der Waals surface area contributed by atoms with Crippen molar-refractivity contribution in [3.05, 3.63) is 29.3 Å². The second-order valence-corrected chi connectivity index (χ2v) is 4.70. The minimum absolute atomic E-state index is 0.0273. The number of hydrogen-bond donors (Lipinski definition) is 1. The van der Waals surface area contributed by atoms with Gasteiger partial charge in [-0.25, -0.2) is 0 Å². The molecular formula is C14H18O3. The van der Waals surface area contributed by atoms with Crippen LogP contribution in [0.15, 0.2) is 18.2 Å². The number of hydrogen-bond acceptors (Lipinski definition) is 2. The van der Waals surface area contributed by atoms with Gasteiger partial charge in [-0.1, -0.05) is 32.0 Å². The molecule has 0 aromatic heterocycles. The van der Waals surface area contributed by atoms with Crippen LogP contribution in [0.5, 0.6) is 5.75 Å². The quantitative estimate of drug-likeness (QED) is 0.874. The molecule has 0 radical (unpaired) electrons. The number of carboxylic acid groups (broad SMARTS) is 1. The second kappa shape index (κ2) is 4.78. The molecule has 0 amide bonds. The predicted octanol–water partition coefficient (Wildman–Crippen LogP) is 2.84. The number of carbonyl (C=O) groups is 1. The molecule has 1 aliphatic rings. The Morgan fingerprint density at radius 3 is 2.88 bits per heavy atom. The molecule has 2 atom stereocenters. The molecule has 0 spiro atoms. The molecule has 0 fully saturated rings. The van der Waals surface area contributed by atoms with Gasteiger partial charge < -0.3 is 9.84 Å². The Bertz CT molecular complexity index is 425. The SMILES string of the molecule is CC(C(=O)O)C(C)c1cccc2c1OCCC2. The molecular weight excluding hydrogens is 216 g/mol. The highest BCUT2D eigenvalue weighted by Gasteiger charge is 2.25. The minimum Gasteiger partial charge on any atom is -0.493 e. The predicted molar refractivity (Wildman–Crippen MR) is 65.5 cm³/mol. The molecule has 1 aromatic rings. The normalized spacial score (nSPS) is 17.8. The van der Waals surface area contributed by atoms with Gasteiger partial charge in [-0.3, -0.25) is 4.79 Å². The molecule has 2 unspecified atom stereocenters. The van der Waals surface area contributed by atoms with Crippen LogP contribution in [-0.4, -0.2) is 17.7 Å². The van der Waals surface area contributed by atoms with Gasteiger partial charge in [0.05, 0.1) is 12.5 Å². The van der Waals surface area contributed by atoms with Gasteiger partial charge in [-0.15, -0.1) is 0 Å². The highest BCUT2D eigenvalue weighted by atomic mass is 16.5. The van der Waals surface area contributed by atoms with Crippen LogP contribution in [0.3, 0.4) is 0 Å². The fourth-order valence-corrected chi connectivity index (χ4v) is 2.26. The lowest BCUT2D eigenvalue weighted by Crippen LogP contribution is -2.19. The Hall–Kier alpha value is -1.51. The van der Waals surface area contributed by atoms with Crippen molar-refractivity contribution >= 4 is 5.97 Å². The number of rotatable bonds is 3. The van der Waals surface area contributed by atoms with Crippen molar-refractivity contribution in [2.24, 2.45) is 5.92 Å². The van der Waals surface area contributed by atoms with Crippen LogP contribution >= 0.6 is 0 Å². The van der Waals surface area contributed by atoms with Gasteiger partial charge in [0, 0.05) is 0 Å². The molecule has 0 aliphatic carbocycles. The number of carboxylic acids is 1. The third-order valence-corrected chi connectivity index (χ3v) is 3.59. The summed E-state index contributed by atoms with van der Waals surface area (Å²) in [5.74, 6) is -0.266. The molecule has 1 N–H and O–H groups in total. The summed E-state index contributed by atoms with van der Waals surface area (Å²) in [6.45, 7) is 4.43. The zero-order chi connectivity index (χ0) is 12.4. The number of fused-ring (bicyclic) bond motifs is 1. The number of ether oxygens (including phenoxy) is 1. The van der Waals surface area contributed by atoms with Crippen LogP contribution in [-0.2, 0) is 11.2 Å². The zero-order valence-electron chi connectivity index (χ0n) is 10.3. The number of aliphatic carboxylic acids is 1. The van der Waals surface area contributed by atoms with E-state index < -0.39 is 11.9 Å². The Morgan fingerprint density at radius 2 is 2.18 bits per heavy atom. The summed E-state index contributed by atoms with van der Waals surface area (Å²) < 4.78 is 5.71. The van der Waals surface area contributed by atoms with Crippen LogP contribution in [0.1, 0.15) is 37.3 Å². The summed E-state index contributed by atoms with van der Waals surface area (Å²) in [5, 5.41) is 9.08. The largest absolute Gasteiger partial charge is 0.493 e. The minimum atomic E-state index is -0.758. The van der Waals surface area contributed by atoms with Gasteiger partial charge >= 0.3 is 5.97 Å². The van der Waals surface area contributed by atoms with E-state index in [9.17, 15) is 4.79 Å². The van der Waals surface area contributed by atoms with E-state index in [1.165, 1.54) is 5.56 Å². The number of benzene rings is 1. The van der Waals surface area contributed by atoms with E-state index in [0.29, 0.717) is 0 Å². The molecule has 1 heterocycles. The van der Waals surface area contributed by atoms with Crippen molar-refractivity contribution in [1.82, 2.24) is 0 Å². The maximum absolute atomic E-state index is 11.0. The molecule has 1 aliphatic heterocycles. The summed E-state index contributed by atoms with van der Waals surface area (Å²) in [4.78, 5) is 11.0.